The van der Waals surface area contributed by atoms with E-state index in [1.807, 2.05) is 0 Å². The van der Waals surface area contributed by atoms with Crippen molar-refractivity contribution < 1.29 is 9.59 Å². The second kappa shape index (κ2) is 6.12. The highest BCUT2D eigenvalue weighted by Crippen LogP contribution is 2.22. The van der Waals surface area contributed by atoms with Crippen molar-refractivity contribution in [3.8, 4) is 0 Å². The number of benzene rings is 1. The molecule has 16 heavy (non-hydrogen) atoms. The van der Waals surface area contributed by atoms with Gasteiger partial charge in [0.1, 0.15) is 0 Å². The summed E-state index contributed by atoms with van der Waals surface area (Å²) in [5.74, 6) is -0.191. The van der Waals surface area contributed by atoms with Crippen molar-refractivity contribution in [2.45, 2.75) is 11.8 Å². The number of nitrogens with one attached hydrogen (secondary N) is 1. The minimum absolute atomic E-state index is 0.0380. The zero-order chi connectivity index (χ0) is 12.0. The molecule has 0 bridgehead atoms. The highest BCUT2D eigenvalue weighted by atomic mass is 32.2. The first-order chi connectivity index (χ1) is 7.65. The number of carbonyl (C=O) groups is 2. The van der Waals surface area contributed by atoms with E-state index >= 15 is 0 Å². The van der Waals surface area contributed by atoms with Gasteiger partial charge >= 0.3 is 0 Å². The van der Waals surface area contributed by atoms with E-state index < -0.39 is 0 Å². The molecular formula is C12H13NO2S. The van der Waals surface area contributed by atoms with Crippen LogP contribution in [0.4, 0.5) is 0 Å². The van der Waals surface area contributed by atoms with Crippen molar-refractivity contribution in [2.75, 3.05) is 6.54 Å². The molecule has 0 aromatic heterocycles. The van der Waals surface area contributed by atoms with Gasteiger partial charge in [-0.3, -0.25) is 9.59 Å². The molecule has 1 aromatic rings. The summed E-state index contributed by atoms with van der Waals surface area (Å²) < 4.78 is 0. The molecule has 1 rings (SSSR count). The van der Waals surface area contributed by atoms with Crippen LogP contribution in [0.1, 0.15) is 17.3 Å². The summed E-state index contributed by atoms with van der Waals surface area (Å²) in [6, 6.07) is 7.03. The van der Waals surface area contributed by atoms with Gasteiger partial charge in [0.15, 0.2) is 5.12 Å². The van der Waals surface area contributed by atoms with E-state index in [0.29, 0.717) is 17.0 Å². The third-order valence-electron chi connectivity index (χ3n) is 1.79. The molecule has 0 aliphatic rings. The molecule has 3 nitrogen and oxygen atoms in total. The van der Waals surface area contributed by atoms with Crippen LogP contribution in [0.25, 0.3) is 0 Å². The Balaban J connectivity index is 2.89. The molecule has 0 saturated carbocycles. The quantitative estimate of drug-likeness (QED) is 0.643. The average molecular weight is 235 g/mol. The van der Waals surface area contributed by atoms with E-state index in [4.69, 9.17) is 0 Å². The molecule has 0 fully saturated rings. The first kappa shape index (κ1) is 12.5. The third-order valence-corrected chi connectivity index (χ3v) is 2.66. The molecule has 0 heterocycles. The van der Waals surface area contributed by atoms with Gasteiger partial charge in [0.2, 0.25) is 0 Å². The second-order valence-corrected chi connectivity index (χ2v) is 4.31. The predicted molar refractivity (Wildman–Crippen MR) is 65.5 cm³/mol. The van der Waals surface area contributed by atoms with Gasteiger partial charge in [-0.05, 0) is 12.1 Å². The summed E-state index contributed by atoms with van der Waals surface area (Å²) >= 11 is 1.06. The molecule has 1 amide bonds. The molecule has 0 atom stereocenters. The first-order valence-corrected chi connectivity index (χ1v) is 5.63. The Hall–Kier alpha value is -1.55. The second-order valence-electron chi connectivity index (χ2n) is 3.09. The van der Waals surface area contributed by atoms with Crippen molar-refractivity contribution in [3.05, 3.63) is 42.5 Å². The van der Waals surface area contributed by atoms with Crippen LogP contribution in [0.3, 0.4) is 0 Å². The molecule has 1 aromatic carbocycles. The Labute approximate surface area is 98.9 Å². The molecule has 0 aliphatic heterocycles. The van der Waals surface area contributed by atoms with Gasteiger partial charge in [-0.2, -0.15) is 0 Å². The van der Waals surface area contributed by atoms with Gasteiger partial charge in [0.05, 0.1) is 5.56 Å². The highest BCUT2D eigenvalue weighted by Gasteiger charge is 2.11. The Bertz CT molecular complexity index is 415. The smallest absolute Gasteiger partial charge is 0.252 e. The minimum Gasteiger partial charge on any atom is -0.349 e. The maximum atomic E-state index is 11.7. The predicted octanol–water partition coefficient (Wildman–Crippen LogP) is 2.24. The van der Waals surface area contributed by atoms with Crippen molar-refractivity contribution >= 4 is 22.8 Å². The Kier molecular flexibility index (Phi) is 4.79. The maximum Gasteiger partial charge on any atom is 0.252 e. The van der Waals surface area contributed by atoms with Crippen LogP contribution in [-0.4, -0.2) is 17.6 Å². The lowest BCUT2D eigenvalue weighted by Crippen LogP contribution is -2.23. The van der Waals surface area contributed by atoms with Gasteiger partial charge in [-0.1, -0.05) is 30.0 Å². The lowest BCUT2D eigenvalue weighted by atomic mass is 10.2. The van der Waals surface area contributed by atoms with Gasteiger partial charge in [0, 0.05) is 18.4 Å². The van der Waals surface area contributed by atoms with Crippen LogP contribution in [0.5, 0.6) is 0 Å². The summed E-state index contributed by atoms with van der Waals surface area (Å²) in [5.41, 5.74) is 0.518. The number of hydrogen-bond donors (Lipinski definition) is 1. The highest BCUT2D eigenvalue weighted by molar-refractivity contribution is 8.13. The van der Waals surface area contributed by atoms with Crippen LogP contribution >= 0.6 is 11.8 Å². The largest absolute Gasteiger partial charge is 0.349 e. The fourth-order valence-electron chi connectivity index (χ4n) is 1.16. The molecule has 4 heteroatoms. The number of carbonyl (C=O) groups excluding carboxylic acids is 2. The fraction of sp³-hybridized carbons (Fsp3) is 0.167. The van der Waals surface area contributed by atoms with Crippen LogP contribution in [-0.2, 0) is 4.79 Å². The van der Waals surface area contributed by atoms with E-state index in [2.05, 4.69) is 11.9 Å². The number of amides is 1. The van der Waals surface area contributed by atoms with Crippen LogP contribution in [0.15, 0.2) is 41.8 Å². The Morgan fingerprint density at radius 3 is 2.75 bits per heavy atom. The first-order valence-electron chi connectivity index (χ1n) is 4.81. The molecule has 0 saturated heterocycles. The lowest BCUT2D eigenvalue weighted by molar-refractivity contribution is -0.109. The van der Waals surface area contributed by atoms with Gasteiger partial charge in [-0.15, -0.1) is 6.58 Å². The van der Waals surface area contributed by atoms with Gasteiger partial charge in [0.25, 0.3) is 5.91 Å². The zero-order valence-corrected chi connectivity index (χ0v) is 9.84. The standard InChI is InChI=1S/C12H13NO2S/c1-3-8-13-12(15)10-6-4-5-7-11(10)16-9(2)14/h3-7H,1,8H2,2H3,(H,13,15). The molecular weight excluding hydrogens is 222 g/mol. The van der Waals surface area contributed by atoms with Gasteiger partial charge < -0.3 is 5.32 Å². The molecule has 0 radical (unpaired) electrons. The van der Waals surface area contributed by atoms with Crippen molar-refractivity contribution in [1.29, 1.82) is 0 Å². The summed E-state index contributed by atoms with van der Waals surface area (Å²) in [5, 5.41) is 2.64. The fourth-order valence-corrected chi connectivity index (χ4v) is 1.89. The summed E-state index contributed by atoms with van der Waals surface area (Å²) in [7, 11) is 0. The Morgan fingerprint density at radius 2 is 2.12 bits per heavy atom. The van der Waals surface area contributed by atoms with Crippen LogP contribution < -0.4 is 5.32 Å². The van der Waals surface area contributed by atoms with Crippen molar-refractivity contribution in [2.24, 2.45) is 0 Å². The van der Waals surface area contributed by atoms with Crippen molar-refractivity contribution in [3.63, 3.8) is 0 Å². The topological polar surface area (TPSA) is 46.2 Å². The summed E-state index contributed by atoms with van der Waals surface area (Å²) in [6.07, 6.45) is 1.61. The van der Waals surface area contributed by atoms with E-state index in [0.717, 1.165) is 11.8 Å². The number of thioether (sulfide) groups is 1. The Morgan fingerprint density at radius 1 is 1.44 bits per heavy atom. The monoisotopic (exact) mass is 235 g/mol. The van der Waals surface area contributed by atoms with E-state index in [1.54, 1.807) is 30.3 Å². The molecule has 0 unspecified atom stereocenters. The normalized spacial score (nSPS) is 9.56. The third kappa shape index (κ3) is 3.55. The average Bonchev–Trinajstić information content (AvgIpc) is 2.26. The van der Waals surface area contributed by atoms with E-state index in [9.17, 15) is 9.59 Å². The molecule has 84 valence electrons. The SMILES string of the molecule is C=CCNC(=O)c1ccccc1SC(C)=O. The maximum absolute atomic E-state index is 11.7. The van der Waals surface area contributed by atoms with E-state index in [-0.39, 0.29) is 11.0 Å². The van der Waals surface area contributed by atoms with Crippen molar-refractivity contribution in [1.82, 2.24) is 5.32 Å². The van der Waals surface area contributed by atoms with Crippen LogP contribution in [0.2, 0.25) is 0 Å². The van der Waals surface area contributed by atoms with Crippen LogP contribution in [0, 0.1) is 0 Å². The minimum atomic E-state index is -0.191. The summed E-state index contributed by atoms with van der Waals surface area (Å²) in [6.45, 7) is 5.41. The van der Waals surface area contributed by atoms with E-state index in [1.165, 1.54) is 6.92 Å². The molecule has 1 N–H and O–H groups in total. The zero-order valence-electron chi connectivity index (χ0n) is 9.03. The molecule has 0 aliphatic carbocycles. The number of rotatable bonds is 4. The lowest BCUT2D eigenvalue weighted by Gasteiger charge is -2.06. The molecule has 0 spiro atoms. The van der Waals surface area contributed by atoms with Gasteiger partial charge in [-0.25, -0.2) is 0 Å². The summed E-state index contributed by atoms with van der Waals surface area (Å²) in [4.78, 5) is 23.4. The number of hydrogen-bond acceptors (Lipinski definition) is 3.